The lowest BCUT2D eigenvalue weighted by Crippen LogP contribution is -2.03. The topological polar surface area (TPSA) is 52.6 Å². The molecule has 0 amide bonds. The molecule has 0 saturated carbocycles. The van der Waals surface area contributed by atoms with Gasteiger partial charge in [0.1, 0.15) is 13.2 Å². The number of hydrogen-bond donors (Lipinski definition) is 0. The second kappa shape index (κ2) is 10.4. The van der Waals surface area contributed by atoms with Gasteiger partial charge in [-0.05, 0) is 35.1 Å². The zero-order valence-corrected chi connectivity index (χ0v) is 15.5. The molecular weight excluding hydrogens is 328 g/mol. The maximum atomic E-state index is 11.4. The van der Waals surface area contributed by atoms with Crippen LogP contribution in [0.5, 0.6) is 0 Å². The fraction of sp³-hybridized carbons (Fsp3) is 0.364. The van der Waals surface area contributed by atoms with Crippen LogP contribution in [0.15, 0.2) is 48.5 Å². The minimum Gasteiger partial charge on any atom is -0.461 e. The Morgan fingerprint density at radius 1 is 0.654 bits per heavy atom. The van der Waals surface area contributed by atoms with Gasteiger partial charge in [0.05, 0.1) is 0 Å². The van der Waals surface area contributed by atoms with E-state index in [9.17, 15) is 9.59 Å². The molecule has 0 fully saturated rings. The molecule has 4 nitrogen and oxygen atoms in total. The number of carbonyl (C=O) groups is 2. The minimum absolute atomic E-state index is 0.160. The Morgan fingerprint density at radius 3 is 1.31 bits per heavy atom. The molecule has 0 atom stereocenters. The van der Waals surface area contributed by atoms with Gasteiger partial charge >= 0.3 is 11.9 Å². The summed E-state index contributed by atoms with van der Waals surface area (Å²) in [4.78, 5) is 22.8. The van der Waals surface area contributed by atoms with Crippen molar-refractivity contribution in [3.05, 3.63) is 59.7 Å². The zero-order chi connectivity index (χ0) is 18.8. The summed E-state index contributed by atoms with van der Waals surface area (Å²) in [6.45, 7) is 4.52. The molecule has 2 aromatic carbocycles. The Balaban J connectivity index is 1.90. The third kappa shape index (κ3) is 6.36. The predicted octanol–water partition coefficient (Wildman–Crippen LogP) is 5.04. The third-order valence-electron chi connectivity index (χ3n) is 3.95. The highest BCUT2D eigenvalue weighted by Crippen LogP contribution is 2.21. The average Bonchev–Trinajstić information content (AvgIpc) is 2.66. The van der Waals surface area contributed by atoms with Crippen molar-refractivity contribution in [2.24, 2.45) is 0 Å². The van der Waals surface area contributed by atoms with Crippen molar-refractivity contribution in [1.29, 1.82) is 0 Å². The summed E-state index contributed by atoms with van der Waals surface area (Å²) in [5, 5.41) is 0. The van der Waals surface area contributed by atoms with Crippen molar-refractivity contribution < 1.29 is 19.1 Å². The zero-order valence-electron chi connectivity index (χ0n) is 15.5. The molecule has 0 N–H and O–H groups in total. The van der Waals surface area contributed by atoms with E-state index in [2.05, 4.69) is 0 Å². The number of benzene rings is 2. The van der Waals surface area contributed by atoms with E-state index < -0.39 is 0 Å². The van der Waals surface area contributed by atoms with Gasteiger partial charge in [0.25, 0.3) is 0 Å². The highest BCUT2D eigenvalue weighted by atomic mass is 16.5. The molecule has 0 spiro atoms. The van der Waals surface area contributed by atoms with Crippen LogP contribution in [-0.2, 0) is 32.3 Å². The molecule has 0 heterocycles. The number of esters is 2. The first-order valence-electron chi connectivity index (χ1n) is 9.12. The van der Waals surface area contributed by atoms with E-state index in [0.717, 1.165) is 35.1 Å². The summed E-state index contributed by atoms with van der Waals surface area (Å²) >= 11 is 0. The molecule has 138 valence electrons. The van der Waals surface area contributed by atoms with Crippen molar-refractivity contribution in [2.45, 2.75) is 52.7 Å². The van der Waals surface area contributed by atoms with Gasteiger partial charge in [-0.3, -0.25) is 9.59 Å². The highest BCUT2D eigenvalue weighted by molar-refractivity contribution is 5.70. The van der Waals surface area contributed by atoms with E-state index in [1.54, 1.807) is 0 Å². The summed E-state index contributed by atoms with van der Waals surface area (Å²) in [6.07, 6.45) is 2.51. The van der Waals surface area contributed by atoms with Crippen LogP contribution in [0, 0.1) is 0 Å². The fourth-order valence-corrected chi connectivity index (χ4v) is 2.47. The van der Waals surface area contributed by atoms with Gasteiger partial charge in [-0.1, -0.05) is 62.4 Å². The summed E-state index contributed by atoms with van der Waals surface area (Å²) in [5.74, 6) is -0.321. The second-order valence-corrected chi connectivity index (χ2v) is 6.22. The van der Waals surface area contributed by atoms with Crippen molar-refractivity contribution in [3.8, 4) is 11.1 Å². The molecule has 0 radical (unpaired) electrons. The number of hydrogen-bond acceptors (Lipinski definition) is 4. The molecule has 2 aromatic rings. The van der Waals surface area contributed by atoms with Crippen LogP contribution >= 0.6 is 0 Å². The molecule has 26 heavy (non-hydrogen) atoms. The van der Waals surface area contributed by atoms with Crippen LogP contribution in [0.3, 0.4) is 0 Å². The molecule has 0 saturated heterocycles. The van der Waals surface area contributed by atoms with Crippen molar-refractivity contribution in [3.63, 3.8) is 0 Å². The highest BCUT2D eigenvalue weighted by Gasteiger charge is 2.04. The third-order valence-corrected chi connectivity index (χ3v) is 3.95. The molecule has 0 aromatic heterocycles. The van der Waals surface area contributed by atoms with Gasteiger partial charge in [0.15, 0.2) is 0 Å². The molecule has 2 rings (SSSR count). The van der Waals surface area contributed by atoms with Gasteiger partial charge < -0.3 is 9.47 Å². The standard InChI is InChI=1S/C22H26O4/c1-3-5-21(23)25-15-17-7-11-19(12-8-17)20-13-9-18(10-14-20)16-26-22(24)6-4-2/h7-14H,3-6,15-16H2,1-2H3. The first-order chi connectivity index (χ1) is 12.6. The number of carbonyl (C=O) groups excluding carboxylic acids is 2. The van der Waals surface area contributed by atoms with Crippen molar-refractivity contribution in [2.75, 3.05) is 0 Å². The lowest BCUT2D eigenvalue weighted by Gasteiger charge is -2.08. The smallest absolute Gasteiger partial charge is 0.306 e. The van der Waals surface area contributed by atoms with Crippen LogP contribution in [-0.4, -0.2) is 11.9 Å². The van der Waals surface area contributed by atoms with Gasteiger partial charge in [0.2, 0.25) is 0 Å². The van der Waals surface area contributed by atoms with Crippen LogP contribution in [0.1, 0.15) is 50.7 Å². The lowest BCUT2D eigenvalue weighted by molar-refractivity contribution is -0.145. The van der Waals surface area contributed by atoms with Gasteiger partial charge in [0, 0.05) is 12.8 Å². The summed E-state index contributed by atoms with van der Waals surface area (Å²) in [7, 11) is 0. The Morgan fingerprint density at radius 2 is 1.00 bits per heavy atom. The van der Waals surface area contributed by atoms with E-state index in [0.29, 0.717) is 26.1 Å². The summed E-state index contributed by atoms with van der Waals surface area (Å²) in [6, 6.07) is 15.9. The van der Waals surface area contributed by atoms with Gasteiger partial charge in [-0.15, -0.1) is 0 Å². The molecule has 0 aliphatic carbocycles. The van der Waals surface area contributed by atoms with Crippen LogP contribution in [0.2, 0.25) is 0 Å². The lowest BCUT2D eigenvalue weighted by atomic mass is 10.0. The fourth-order valence-electron chi connectivity index (χ4n) is 2.47. The predicted molar refractivity (Wildman–Crippen MR) is 101 cm³/mol. The Bertz CT molecular complexity index is 638. The average molecular weight is 354 g/mol. The van der Waals surface area contributed by atoms with E-state index >= 15 is 0 Å². The van der Waals surface area contributed by atoms with E-state index in [4.69, 9.17) is 9.47 Å². The maximum absolute atomic E-state index is 11.4. The number of rotatable bonds is 9. The first kappa shape index (κ1) is 19.7. The summed E-state index contributed by atoms with van der Waals surface area (Å²) in [5.41, 5.74) is 4.11. The van der Waals surface area contributed by atoms with Crippen LogP contribution in [0.4, 0.5) is 0 Å². The van der Waals surface area contributed by atoms with E-state index in [-0.39, 0.29) is 11.9 Å². The van der Waals surface area contributed by atoms with Crippen LogP contribution in [0.25, 0.3) is 11.1 Å². The molecule has 4 heteroatoms. The molecule has 0 unspecified atom stereocenters. The van der Waals surface area contributed by atoms with E-state index in [1.165, 1.54) is 0 Å². The first-order valence-corrected chi connectivity index (χ1v) is 9.12. The monoisotopic (exact) mass is 354 g/mol. The largest absolute Gasteiger partial charge is 0.461 e. The molecule has 0 aliphatic heterocycles. The second-order valence-electron chi connectivity index (χ2n) is 6.22. The van der Waals surface area contributed by atoms with Crippen molar-refractivity contribution >= 4 is 11.9 Å². The van der Waals surface area contributed by atoms with Gasteiger partial charge in [-0.25, -0.2) is 0 Å². The Kier molecular flexibility index (Phi) is 7.87. The Hall–Kier alpha value is -2.62. The van der Waals surface area contributed by atoms with Crippen LogP contribution < -0.4 is 0 Å². The quantitative estimate of drug-likeness (QED) is 0.592. The normalized spacial score (nSPS) is 10.4. The van der Waals surface area contributed by atoms with Gasteiger partial charge in [-0.2, -0.15) is 0 Å². The molecule has 0 bridgehead atoms. The number of ether oxygens (including phenoxy) is 2. The molecule has 0 aliphatic rings. The van der Waals surface area contributed by atoms with Crippen molar-refractivity contribution in [1.82, 2.24) is 0 Å². The minimum atomic E-state index is -0.160. The Labute approximate surface area is 155 Å². The maximum Gasteiger partial charge on any atom is 0.306 e. The molecular formula is C22H26O4. The van der Waals surface area contributed by atoms with E-state index in [1.807, 2.05) is 62.4 Å². The summed E-state index contributed by atoms with van der Waals surface area (Å²) < 4.78 is 10.4. The SMILES string of the molecule is CCCC(=O)OCc1ccc(-c2ccc(COC(=O)CCC)cc2)cc1.